The van der Waals surface area contributed by atoms with Crippen molar-refractivity contribution in [3.05, 3.63) is 0 Å². The largest absolute Gasteiger partial charge is 0.268 e. The molecule has 0 aromatic carbocycles. The lowest BCUT2D eigenvalue weighted by atomic mass is 10.3. The zero-order valence-electron chi connectivity index (χ0n) is 7.41. The molecule has 0 spiro atoms. The van der Waals surface area contributed by atoms with Gasteiger partial charge in [-0.15, -0.1) is 0 Å². The first-order chi connectivity index (χ1) is 5.24. The number of nitrogens with zero attached hydrogens (tertiary/aromatic N) is 3. The molecule has 0 N–H and O–H groups in total. The lowest BCUT2D eigenvalue weighted by Crippen LogP contribution is -2.22. The predicted molar refractivity (Wildman–Crippen MR) is 48.1 cm³/mol. The molecule has 0 saturated heterocycles. The second-order valence-corrected chi connectivity index (χ2v) is 2.77. The van der Waals surface area contributed by atoms with Crippen LogP contribution in [0.1, 0.15) is 27.2 Å². The predicted octanol–water partition coefficient (Wildman–Crippen LogP) is 1.50. The van der Waals surface area contributed by atoms with Gasteiger partial charge in [0.15, 0.2) is 0 Å². The maximum Gasteiger partial charge on any atom is 0.117 e. The first-order valence-electron chi connectivity index (χ1n) is 4.08. The van der Waals surface area contributed by atoms with E-state index in [1.165, 1.54) is 0 Å². The van der Waals surface area contributed by atoms with Crippen LogP contribution in [0.3, 0.4) is 0 Å². The summed E-state index contributed by atoms with van der Waals surface area (Å²) in [5.41, 5.74) is 0. The highest BCUT2D eigenvalue weighted by atomic mass is 15.5. The standard InChI is InChI=1S/C8H15N3/c1-4-11-8(3)10-7(2)5-6-9-11/h6-7H,4-5H2,1-3H3. The minimum atomic E-state index is 0.385. The highest BCUT2D eigenvalue weighted by Crippen LogP contribution is 2.03. The average molecular weight is 153 g/mol. The summed E-state index contributed by atoms with van der Waals surface area (Å²) in [5, 5.41) is 6.17. The van der Waals surface area contributed by atoms with Gasteiger partial charge >= 0.3 is 0 Å². The van der Waals surface area contributed by atoms with E-state index in [4.69, 9.17) is 0 Å². The SMILES string of the molecule is CCN1N=CCC(C)N=C1C. The maximum absolute atomic E-state index is 4.45. The van der Waals surface area contributed by atoms with Crippen molar-refractivity contribution < 1.29 is 0 Å². The molecule has 3 nitrogen and oxygen atoms in total. The Morgan fingerprint density at radius 2 is 2.45 bits per heavy atom. The van der Waals surface area contributed by atoms with Crippen molar-refractivity contribution in [1.82, 2.24) is 5.01 Å². The van der Waals surface area contributed by atoms with Crippen LogP contribution in [-0.4, -0.2) is 29.6 Å². The van der Waals surface area contributed by atoms with Crippen LogP contribution in [0.2, 0.25) is 0 Å². The average Bonchev–Trinajstić information content (AvgIpc) is 2.11. The summed E-state index contributed by atoms with van der Waals surface area (Å²) in [6.45, 7) is 7.09. The Morgan fingerprint density at radius 3 is 3.09 bits per heavy atom. The molecule has 0 aromatic heterocycles. The van der Waals surface area contributed by atoms with E-state index >= 15 is 0 Å². The molecule has 0 amide bonds. The van der Waals surface area contributed by atoms with Crippen molar-refractivity contribution >= 4 is 12.1 Å². The molecule has 0 aliphatic carbocycles. The third kappa shape index (κ3) is 2.03. The molecule has 1 aliphatic rings. The van der Waals surface area contributed by atoms with E-state index in [0.717, 1.165) is 18.8 Å². The minimum Gasteiger partial charge on any atom is -0.268 e. The Hall–Kier alpha value is -0.860. The fourth-order valence-electron chi connectivity index (χ4n) is 1.13. The molecular weight excluding hydrogens is 138 g/mol. The van der Waals surface area contributed by atoms with E-state index in [1.54, 1.807) is 0 Å². The zero-order valence-corrected chi connectivity index (χ0v) is 7.41. The van der Waals surface area contributed by atoms with Gasteiger partial charge in [0.05, 0.1) is 6.04 Å². The van der Waals surface area contributed by atoms with Gasteiger partial charge in [0.25, 0.3) is 0 Å². The van der Waals surface area contributed by atoms with Gasteiger partial charge in [-0.05, 0) is 20.8 Å². The van der Waals surface area contributed by atoms with Gasteiger partial charge in [-0.2, -0.15) is 5.10 Å². The molecule has 3 heteroatoms. The minimum absolute atomic E-state index is 0.385. The molecule has 1 heterocycles. The lowest BCUT2D eigenvalue weighted by Gasteiger charge is -2.14. The van der Waals surface area contributed by atoms with E-state index in [2.05, 4.69) is 23.9 Å². The third-order valence-corrected chi connectivity index (χ3v) is 1.75. The molecule has 1 atom stereocenters. The highest BCUT2D eigenvalue weighted by Gasteiger charge is 2.07. The number of hydrazone groups is 1. The van der Waals surface area contributed by atoms with Gasteiger partial charge in [-0.25, -0.2) is 0 Å². The first kappa shape index (κ1) is 8.24. The molecule has 11 heavy (non-hydrogen) atoms. The van der Waals surface area contributed by atoms with Gasteiger partial charge in [-0.3, -0.25) is 10.0 Å². The van der Waals surface area contributed by atoms with Gasteiger partial charge in [-0.1, -0.05) is 0 Å². The first-order valence-corrected chi connectivity index (χ1v) is 4.08. The molecule has 0 aromatic rings. The van der Waals surface area contributed by atoms with Crippen LogP contribution in [0.25, 0.3) is 0 Å². The van der Waals surface area contributed by atoms with Gasteiger partial charge in [0, 0.05) is 19.2 Å². The quantitative estimate of drug-likeness (QED) is 0.561. The second kappa shape index (κ2) is 3.51. The number of hydrogen-bond acceptors (Lipinski definition) is 3. The summed E-state index contributed by atoms with van der Waals surface area (Å²) >= 11 is 0. The molecule has 1 rings (SSSR count). The van der Waals surface area contributed by atoms with E-state index in [-0.39, 0.29) is 0 Å². The van der Waals surface area contributed by atoms with Crippen LogP contribution in [0.15, 0.2) is 10.1 Å². The van der Waals surface area contributed by atoms with Crippen LogP contribution in [0.4, 0.5) is 0 Å². The number of rotatable bonds is 1. The van der Waals surface area contributed by atoms with Crippen molar-refractivity contribution in [3.8, 4) is 0 Å². The lowest BCUT2D eigenvalue weighted by molar-refractivity contribution is 0.470. The van der Waals surface area contributed by atoms with E-state index in [0.29, 0.717) is 6.04 Å². The summed E-state index contributed by atoms with van der Waals surface area (Å²) in [6.07, 6.45) is 2.89. The van der Waals surface area contributed by atoms with Crippen molar-refractivity contribution in [3.63, 3.8) is 0 Å². The van der Waals surface area contributed by atoms with E-state index < -0.39 is 0 Å². The molecule has 0 radical (unpaired) electrons. The Bertz CT molecular complexity index is 184. The normalized spacial score (nSPS) is 24.8. The molecule has 0 bridgehead atoms. The van der Waals surface area contributed by atoms with Crippen molar-refractivity contribution in [2.75, 3.05) is 6.54 Å². The number of amidine groups is 1. The monoisotopic (exact) mass is 153 g/mol. The van der Waals surface area contributed by atoms with Crippen LogP contribution in [-0.2, 0) is 0 Å². The van der Waals surface area contributed by atoms with Crippen LogP contribution in [0.5, 0.6) is 0 Å². The number of aliphatic imine (C=N–C) groups is 1. The van der Waals surface area contributed by atoms with Gasteiger partial charge < -0.3 is 0 Å². The summed E-state index contributed by atoms with van der Waals surface area (Å²) in [7, 11) is 0. The Labute approximate surface area is 67.8 Å². The van der Waals surface area contributed by atoms with Gasteiger partial charge in [0.1, 0.15) is 5.84 Å². The Kier molecular flexibility index (Phi) is 2.63. The van der Waals surface area contributed by atoms with Crippen molar-refractivity contribution in [2.45, 2.75) is 33.2 Å². The summed E-state index contributed by atoms with van der Waals surface area (Å²) in [5.74, 6) is 1.02. The third-order valence-electron chi connectivity index (χ3n) is 1.75. The zero-order chi connectivity index (χ0) is 8.27. The molecule has 0 saturated carbocycles. The molecular formula is C8H15N3. The summed E-state index contributed by atoms with van der Waals surface area (Å²) in [4.78, 5) is 4.45. The van der Waals surface area contributed by atoms with Crippen LogP contribution < -0.4 is 0 Å². The van der Waals surface area contributed by atoms with E-state index in [1.807, 2.05) is 18.1 Å². The fourth-order valence-corrected chi connectivity index (χ4v) is 1.13. The summed E-state index contributed by atoms with van der Waals surface area (Å²) < 4.78 is 0. The maximum atomic E-state index is 4.45. The Morgan fingerprint density at radius 1 is 1.73 bits per heavy atom. The molecule has 62 valence electrons. The van der Waals surface area contributed by atoms with Crippen LogP contribution in [0, 0.1) is 0 Å². The molecule has 1 aliphatic heterocycles. The van der Waals surface area contributed by atoms with E-state index in [9.17, 15) is 0 Å². The fraction of sp³-hybridized carbons (Fsp3) is 0.750. The Balaban J connectivity index is 2.74. The highest BCUT2D eigenvalue weighted by molar-refractivity contribution is 5.81. The number of hydrogen-bond donors (Lipinski definition) is 0. The molecule has 1 unspecified atom stereocenters. The smallest absolute Gasteiger partial charge is 0.117 e. The topological polar surface area (TPSA) is 28.0 Å². The van der Waals surface area contributed by atoms with Crippen molar-refractivity contribution in [1.29, 1.82) is 0 Å². The molecule has 0 fully saturated rings. The van der Waals surface area contributed by atoms with Crippen LogP contribution >= 0.6 is 0 Å². The van der Waals surface area contributed by atoms with Gasteiger partial charge in [0.2, 0.25) is 0 Å². The van der Waals surface area contributed by atoms with Crippen molar-refractivity contribution in [2.24, 2.45) is 10.1 Å². The summed E-state index contributed by atoms with van der Waals surface area (Å²) in [6, 6.07) is 0.385. The second-order valence-electron chi connectivity index (χ2n) is 2.77.